The Kier molecular flexibility index (Phi) is 2.84. The Balaban J connectivity index is 2.10. The summed E-state index contributed by atoms with van der Waals surface area (Å²) in [5, 5.41) is 0.703. The highest BCUT2D eigenvalue weighted by atomic mass is 16.5. The Morgan fingerprint density at radius 1 is 1.09 bits per heavy atom. The number of para-hydroxylation sites is 1. The first kappa shape index (κ1) is 13.4. The van der Waals surface area contributed by atoms with Gasteiger partial charge in [-0.1, -0.05) is 18.2 Å². The summed E-state index contributed by atoms with van der Waals surface area (Å²) >= 11 is 0. The fraction of sp³-hybridized carbons (Fsp3) is 0.0588. The lowest BCUT2D eigenvalue weighted by molar-refractivity contribution is 0.414. The number of benzene rings is 2. The summed E-state index contributed by atoms with van der Waals surface area (Å²) in [6.07, 6.45) is 0. The summed E-state index contributed by atoms with van der Waals surface area (Å²) in [6.45, 7) is 0. The van der Waals surface area contributed by atoms with E-state index in [1.54, 1.807) is 36.4 Å². The van der Waals surface area contributed by atoms with Crippen molar-refractivity contribution in [2.24, 2.45) is 0 Å². The third kappa shape index (κ3) is 1.96. The Hall–Kier alpha value is -3.28. The Morgan fingerprint density at radius 2 is 1.91 bits per heavy atom. The van der Waals surface area contributed by atoms with Crippen LogP contribution >= 0.6 is 0 Å². The highest BCUT2D eigenvalue weighted by Crippen LogP contribution is 2.24. The molecule has 6 heteroatoms. The van der Waals surface area contributed by atoms with Crippen molar-refractivity contribution in [3.63, 3.8) is 0 Å². The van der Waals surface area contributed by atoms with E-state index in [1.165, 1.54) is 7.11 Å². The maximum Gasteiger partial charge on any atom is 0.333 e. The van der Waals surface area contributed by atoms with E-state index in [0.717, 1.165) is 4.57 Å². The molecule has 0 saturated heterocycles. The zero-order chi connectivity index (χ0) is 16.0. The van der Waals surface area contributed by atoms with E-state index in [9.17, 15) is 9.59 Å². The number of nitrogens with one attached hydrogen (secondary N) is 1. The number of nitrogens with zero attached hydrogens (tertiary/aromatic N) is 1. The first-order chi connectivity index (χ1) is 11.2. The minimum Gasteiger partial charge on any atom is -0.497 e. The van der Waals surface area contributed by atoms with Gasteiger partial charge in [-0.3, -0.25) is 4.79 Å². The van der Waals surface area contributed by atoms with Gasteiger partial charge in [-0.25, -0.2) is 9.36 Å². The summed E-state index contributed by atoms with van der Waals surface area (Å²) < 4.78 is 11.8. The van der Waals surface area contributed by atoms with Gasteiger partial charge in [0.15, 0.2) is 0 Å². The molecule has 4 rings (SSSR count). The lowest BCUT2D eigenvalue weighted by atomic mass is 10.2. The third-order valence-corrected chi connectivity index (χ3v) is 3.74. The fourth-order valence-electron chi connectivity index (χ4n) is 2.66. The number of hydrogen-bond donors (Lipinski definition) is 1. The largest absolute Gasteiger partial charge is 0.497 e. The zero-order valence-corrected chi connectivity index (χ0v) is 12.2. The average Bonchev–Trinajstić information content (AvgIpc) is 2.94. The predicted molar refractivity (Wildman–Crippen MR) is 86.5 cm³/mol. The molecule has 2 aromatic heterocycles. The van der Waals surface area contributed by atoms with Gasteiger partial charge in [-0.15, -0.1) is 0 Å². The van der Waals surface area contributed by atoms with Crippen LogP contribution in [-0.4, -0.2) is 16.7 Å². The molecule has 0 amide bonds. The highest BCUT2D eigenvalue weighted by Gasteiger charge is 2.16. The molecule has 0 aliphatic carbocycles. The third-order valence-electron chi connectivity index (χ3n) is 3.74. The van der Waals surface area contributed by atoms with Crippen molar-refractivity contribution in [2.75, 3.05) is 7.11 Å². The van der Waals surface area contributed by atoms with Gasteiger partial charge in [-0.05, 0) is 24.3 Å². The molecular weight excluding hydrogens is 296 g/mol. The van der Waals surface area contributed by atoms with Crippen LogP contribution in [0.2, 0.25) is 0 Å². The summed E-state index contributed by atoms with van der Waals surface area (Å²) in [7, 11) is 1.52. The van der Waals surface area contributed by atoms with Crippen molar-refractivity contribution in [3.05, 3.63) is 69.4 Å². The zero-order valence-electron chi connectivity index (χ0n) is 12.2. The molecule has 23 heavy (non-hydrogen) atoms. The van der Waals surface area contributed by atoms with E-state index >= 15 is 0 Å². The number of furan rings is 1. The fourth-order valence-corrected chi connectivity index (χ4v) is 2.66. The molecule has 2 heterocycles. The topological polar surface area (TPSA) is 77.2 Å². The molecule has 0 fully saturated rings. The van der Waals surface area contributed by atoms with Crippen molar-refractivity contribution in [2.45, 2.75) is 0 Å². The van der Waals surface area contributed by atoms with Crippen LogP contribution in [0.25, 0.3) is 27.8 Å². The lowest BCUT2D eigenvalue weighted by Crippen LogP contribution is -2.33. The molecule has 0 bridgehead atoms. The van der Waals surface area contributed by atoms with Crippen molar-refractivity contribution in [3.8, 4) is 11.4 Å². The molecule has 0 atom stereocenters. The monoisotopic (exact) mass is 308 g/mol. The van der Waals surface area contributed by atoms with Gasteiger partial charge in [0.1, 0.15) is 16.8 Å². The van der Waals surface area contributed by atoms with Gasteiger partial charge in [0, 0.05) is 11.5 Å². The molecule has 0 saturated carbocycles. The van der Waals surface area contributed by atoms with Gasteiger partial charge in [0.05, 0.1) is 12.8 Å². The molecule has 0 spiro atoms. The normalized spacial score (nSPS) is 11.2. The molecule has 0 aliphatic heterocycles. The minimum atomic E-state index is -0.526. The second-order valence-corrected chi connectivity index (χ2v) is 5.07. The van der Waals surface area contributed by atoms with E-state index in [-0.39, 0.29) is 5.58 Å². The first-order valence-electron chi connectivity index (χ1n) is 7.00. The SMILES string of the molecule is COc1cccc(-n2c(=O)[nH]c3c(oc4ccccc43)c2=O)c1. The summed E-state index contributed by atoms with van der Waals surface area (Å²) in [6, 6.07) is 13.9. The van der Waals surface area contributed by atoms with Gasteiger partial charge in [0.25, 0.3) is 0 Å². The molecular formula is C17H12N2O4. The second kappa shape index (κ2) is 4.88. The van der Waals surface area contributed by atoms with Crippen LogP contribution in [0.5, 0.6) is 5.75 Å². The average molecular weight is 308 g/mol. The van der Waals surface area contributed by atoms with Crippen LogP contribution < -0.4 is 16.0 Å². The van der Waals surface area contributed by atoms with Gasteiger partial charge in [-0.2, -0.15) is 0 Å². The number of methoxy groups -OCH3 is 1. The molecule has 6 nitrogen and oxygen atoms in total. The maximum absolute atomic E-state index is 12.7. The van der Waals surface area contributed by atoms with Crippen molar-refractivity contribution < 1.29 is 9.15 Å². The van der Waals surface area contributed by atoms with Crippen LogP contribution in [0.1, 0.15) is 0 Å². The van der Waals surface area contributed by atoms with Crippen LogP contribution in [-0.2, 0) is 0 Å². The molecule has 0 unspecified atom stereocenters. The summed E-state index contributed by atoms with van der Waals surface area (Å²) in [5.74, 6) is 0.554. The van der Waals surface area contributed by atoms with E-state index in [0.29, 0.717) is 27.9 Å². The first-order valence-corrected chi connectivity index (χ1v) is 7.00. The number of aromatic amines is 1. The van der Waals surface area contributed by atoms with Crippen LogP contribution in [0.15, 0.2) is 62.5 Å². The minimum absolute atomic E-state index is 0.119. The number of aromatic nitrogens is 2. The van der Waals surface area contributed by atoms with Gasteiger partial charge >= 0.3 is 11.2 Å². The highest BCUT2D eigenvalue weighted by molar-refractivity contribution is 6.01. The number of H-pyrrole nitrogens is 1. The van der Waals surface area contributed by atoms with Crippen LogP contribution in [0, 0.1) is 0 Å². The van der Waals surface area contributed by atoms with Gasteiger partial charge in [0.2, 0.25) is 5.58 Å². The summed E-state index contributed by atoms with van der Waals surface area (Å²) in [4.78, 5) is 27.9. The molecule has 1 N–H and O–H groups in total. The molecule has 2 aromatic carbocycles. The van der Waals surface area contributed by atoms with Crippen LogP contribution in [0.3, 0.4) is 0 Å². The van der Waals surface area contributed by atoms with E-state index in [4.69, 9.17) is 9.15 Å². The van der Waals surface area contributed by atoms with E-state index < -0.39 is 11.2 Å². The maximum atomic E-state index is 12.7. The quantitative estimate of drug-likeness (QED) is 0.617. The molecule has 0 radical (unpaired) electrons. The summed E-state index contributed by atoms with van der Waals surface area (Å²) in [5.41, 5.74) is 0.468. The number of hydrogen-bond acceptors (Lipinski definition) is 4. The smallest absolute Gasteiger partial charge is 0.333 e. The Bertz CT molecular complexity index is 1150. The molecule has 4 aromatic rings. The number of rotatable bonds is 2. The predicted octanol–water partition coefficient (Wildman–Crippen LogP) is 2.43. The van der Waals surface area contributed by atoms with Gasteiger partial charge < -0.3 is 14.1 Å². The van der Waals surface area contributed by atoms with E-state index in [1.807, 2.05) is 12.1 Å². The molecule has 114 valence electrons. The van der Waals surface area contributed by atoms with Crippen molar-refractivity contribution >= 4 is 22.1 Å². The Morgan fingerprint density at radius 3 is 2.74 bits per heavy atom. The standard InChI is InChI=1S/C17H12N2O4/c1-22-11-6-4-5-10(9-11)19-16(20)15-14(18-17(19)21)12-7-2-3-8-13(12)23-15/h2-9H,1H3,(H,18,21). The second-order valence-electron chi connectivity index (χ2n) is 5.07. The Labute approximate surface area is 129 Å². The van der Waals surface area contributed by atoms with Crippen molar-refractivity contribution in [1.29, 1.82) is 0 Å². The number of fused-ring (bicyclic) bond motifs is 3. The lowest BCUT2D eigenvalue weighted by Gasteiger charge is -2.06. The molecule has 0 aliphatic rings. The van der Waals surface area contributed by atoms with Crippen molar-refractivity contribution in [1.82, 2.24) is 9.55 Å². The number of ether oxygens (including phenoxy) is 1. The van der Waals surface area contributed by atoms with Crippen LogP contribution in [0.4, 0.5) is 0 Å². The van der Waals surface area contributed by atoms with E-state index in [2.05, 4.69) is 4.98 Å².